The third-order valence-corrected chi connectivity index (χ3v) is 7.13. The van der Waals surface area contributed by atoms with Crippen molar-refractivity contribution in [3.05, 3.63) is 50.9 Å². The molecule has 1 atom stereocenters. The topological polar surface area (TPSA) is 81.9 Å². The van der Waals surface area contributed by atoms with Gasteiger partial charge in [-0.25, -0.2) is 4.98 Å². The number of methoxy groups -OCH3 is 2. The SMILES string of the molecule is COc1ccc(C(=O)Nc2cnc3sc4c(n3c2=O)CC[C@H](C(C)(C)C)C4)cc1OC. The van der Waals surface area contributed by atoms with Crippen LogP contribution in [0.3, 0.4) is 0 Å². The van der Waals surface area contributed by atoms with Crippen molar-refractivity contribution in [3.63, 3.8) is 0 Å². The summed E-state index contributed by atoms with van der Waals surface area (Å²) in [6.45, 7) is 6.80. The van der Waals surface area contributed by atoms with Crippen LogP contribution in [0.2, 0.25) is 0 Å². The number of ether oxygens (including phenoxy) is 2. The Hall–Kier alpha value is -2.87. The van der Waals surface area contributed by atoms with Crippen molar-refractivity contribution >= 4 is 27.9 Å². The van der Waals surface area contributed by atoms with Gasteiger partial charge in [0.05, 0.1) is 20.4 Å². The summed E-state index contributed by atoms with van der Waals surface area (Å²) >= 11 is 1.58. The first-order valence-corrected chi connectivity index (χ1v) is 11.1. The molecule has 2 heterocycles. The lowest BCUT2D eigenvalue weighted by atomic mass is 9.73. The molecule has 8 heteroatoms. The van der Waals surface area contributed by atoms with Gasteiger partial charge >= 0.3 is 0 Å². The van der Waals surface area contributed by atoms with Gasteiger partial charge in [0.2, 0.25) is 0 Å². The standard InChI is InChI=1S/C23H27N3O4S/c1-23(2,3)14-7-8-16-19(11-14)31-22-24-12-15(21(28)26(16)22)25-20(27)13-6-9-17(29-4)18(10-13)30-5/h6,9-10,12,14H,7-8,11H2,1-5H3,(H,25,27)/t14-/m0/s1. The summed E-state index contributed by atoms with van der Waals surface area (Å²) in [7, 11) is 3.04. The predicted octanol–water partition coefficient (Wildman–Crippen LogP) is 4.18. The van der Waals surface area contributed by atoms with E-state index in [1.165, 1.54) is 25.3 Å². The summed E-state index contributed by atoms with van der Waals surface area (Å²) in [4.78, 5) is 32.3. The maximum absolute atomic E-state index is 13.2. The molecule has 0 saturated heterocycles. The summed E-state index contributed by atoms with van der Waals surface area (Å²) in [5, 5.41) is 2.71. The molecule has 31 heavy (non-hydrogen) atoms. The van der Waals surface area contributed by atoms with Crippen LogP contribution in [0.4, 0.5) is 5.69 Å². The van der Waals surface area contributed by atoms with Crippen molar-refractivity contribution in [3.8, 4) is 11.5 Å². The average molecular weight is 442 g/mol. The number of nitrogens with one attached hydrogen (secondary N) is 1. The molecule has 1 amide bonds. The van der Waals surface area contributed by atoms with Gasteiger partial charge in [-0.05, 0) is 48.8 Å². The highest BCUT2D eigenvalue weighted by Crippen LogP contribution is 2.39. The number of rotatable bonds is 4. The van der Waals surface area contributed by atoms with E-state index in [0.717, 1.165) is 25.0 Å². The number of thiazole rings is 1. The summed E-state index contributed by atoms with van der Waals surface area (Å²) in [5.41, 5.74) is 1.54. The predicted molar refractivity (Wildman–Crippen MR) is 122 cm³/mol. The Balaban J connectivity index is 1.65. The fourth-order valence-corrected chi connectivity index (χ4v) is 5.29. The van der Waals surface area contributed by atoms with Crippen LogP contribution in [-0.2, 0) is 12.8 Å². The summed E-state index contributed by atoms with van der Waals surface area (Å²) in [5.74, 6) is 1.14. The number of aromatic nitrogens is 2. The summed E-state index contributed by atoms with van der Waals surface area (Å²) in [6, 6.07) is 4.86. The maximum atomic E-state index is 13.2. The van der Waals surface area contributed by atoms with Gasteiger partial charge in [0.25, 0.3) is 11.5 Å². The van der Waals surface area contributed by atoms with E-state index in [0.29, 0.717) is 27.9 Å². The van der Waals surface area contributed by atoms with Gasteiger partial charge in [0.15, 0.2) is 16.5 Å². The van der Waals surface area contributed by atoms with Crippen LogP contribution in [-0.4, -0.2) is 29.5 Å². The monoisotopic (exact) mass is 441 g/mol. The lowest BCUT2D eigenvalue weighted by Crippen LogP contribution is -2.28. The Morgan fingerprint density at radius 3 is 2.65 bits per heavy atom. The fraction of sp³-hybridized carbons (Fsp3) is 0.435. The van der Waals surface area contributed by atoms with E-state index in [4.69, 9.17) is 9.47 Å². The van der Waals surface area contributed by atoms with Crippen LogP contribution < -0.4 is 20.3 Å². The first-order chi connectivity index (χ1) is 14.7. The van der Waals surface area contributed by atoms with Crippen molar-refractivity contribution in [2.24, 2.45) is 11.3 Å². The molecular weight excluding hydrogens is 414 g/mol. The Kier molecular flexibility index (Phi) is 5.51. The zero-order valence-electron chi connectivity index (χ0n) is 18.4. The van der Waals surface area contributed by atoms with E-state index in [9.17, 15) is 9.59 Å². The molecule has 7 nitrogen and oxygen atoms in total. The molecule has 1 aliphatic rings. The number of carbonyl (C=O) groups excluding carboxylic acids is 1. The van der Waals surface area contributed by atoms with Crippen LogP contribution in [0.15, 0.2) is 29.2 Å². The van der Waals surface area contributed by atoms with Crippen LogP contribution in [0.5, 0.6) is 11.5 Å². The Morgan fingerprint density at radius 2 is 1.97 bits per heavy atom. The zero-order chi connectivity index (χ0) is 22.3. The average Bonchev–Trinajstić information content (AvgIpc) is 3.13. The molecule has 0 fully saturated rings. The first kappa shape index (κ1) is 21.4. The number of amides is 1. The van der Waals surface area contributed by atoms with Gasteiger partial charge in [-0.2, -0.15) is 0 Å². The van der Waals surface area contributed by atoms with E-state index in [-0.39, 0.29) is 16.7 Å². The second-order valence-corrected chi connectivity index (χ2v) is 9.96. The minimum absolute atomic E-state index is 0.163. The number of hydrogen-bond donors (Lipinski definition) is 1. The smallest absolute Gasteiger partial charge is 0.282 e. The molecule has 0 bridgehead atoms. The van der Waals surface area contributed by atoms with Gasteiger partial charge in [-0.3, -0.25) is 14.0 Å². The number of carbonyl (C=O) groups is 1. The van der Waals surface area contributed by atoms with E-state index >= 15 is 0 Å². The summed E-state index contributed by atoms with van der Waals surface area (Å²) < 4.78 is 12.1. The largest absolute Gasteiger partial charge is 0.493 e. The third-order valence-electron chi connectivity index (χ3n) is 6.02. The van der Waals surface area contributed by atoms with Gasteiger partial charge < -0.3 is 14.8 Å². The molecule has 1 aromatic carbocycles. The molecule has 3 aromatic rings. The van der Waals surface area contributed by atoms with E-state index in [1.807, 2.05) is 0 Å². The van der Waals surface area contributed by atoms with Gasteiger partial charge in [-0.1, -0.05) is 20.8 Å². The van der Waals surface area contributed by atoms with Crippen LogP contribution in [0.25, 0.3) is 4.96 Å². The zero-order valence-corrected chi connectivity index (χ0v) is 19.3. The van der Waals surface area contributed by atoms with E-state index in [2.05, 4.69) is 31.1 Å². The molecular formula is C23H27N3O4S. The summed E-state index contributed by atoms with van der Waals surface area (Å²) in [6.07, 6.45) is 4.28. The number of anilines is 1. The Morgan fingerprint density at radius 1 is 1.23 bits per heavy atom. The van der Waals surface area contributed by atoms with Crippen molar-refractivity contribution in [2.45, 2.75) is 40.0 Å². The van der Waals surface area contributed by atoms with E-state index < -0.39 is 5.91 Å². The first-order valence-electron chi connectivity index (χ1n) is 10.3. The van der Waals surface area contributed by atoms with Crippen molar-refractivity contribution in [1.29, 1.82) is 0 Å². The van der Waals surface area contributed by atoms with Crippen LogP contribution in [0.1, 0.15) is 48.1 Å². The lowest BCUT2D eigenvalue weighted by molar-refractivity contribution is 0.102. The number of hydrogen-bond acceptors (Lipinski definition) is 6. The number of nitrogens with zero attached hydrogens (tertiary/aromatic N) is 2. The molecule has 1 aliphatic carbocycles. The Bertz CT molecular complexity index is 1210. The fourth-order valence-electron chi connectivity index (χ4n) is 4.09. The molecule has 0 unspecified atom stereocenters. The molecule has 0 spiro atoms. The van der Waals surface area contributed by atoms with Crippen molar-refractivity contribution in [1.82, 2.24) is 9.38 Å². The molecule has 4 rings (SSSR count). The number of aryl methyl sites for hydroxylation is 1. The normalized spacial score (nSPS) is 16.1. The van der Waals surface area contributed by atoms with Gasteiger partial charge in [-0.15, -0.1) is 11.3 Å². The number of benzene rings is 1. The minimum Gasteiger partial charge on any atom is -0.493 e. The van der Waals surface area contributed by atoms with Crippen LogP contribution in [0, 0.1) is 11.3 Å². The number of fused-ring (bicyclic) bond motifs is 3. The second kappa shape index (κ2) is 8.00. The Labute approximate surface area is 185 Å². The second-order valence-electron chi connectivity index (χ2n) is 8.90. The van der Waals surface area contributed by atoms with Gasteiger partial charge in [0.1, 0.15) is 5.69 Å². The maximum Gasteiger partial charge on any atom is 0.282 e. The molecule has 0 aliphatic heterocycles. The highest BCUT2D eigenvalue weighted by atomic mass is 32.1. The highest BCUT2D eigenvalue weighted by molar-refractivity contribution is 7.17. The third kappa shape index (κ3) is 3.92. The quantitative estimate of drug-likeness (QED) is 0.657. The molecule has 0 radical (unpaired) electrons. The van der Waals surface area contributed by atoms with Gasteiger partial charge in [0, 0.05) is 16.1 Å². The minimum atomic E-state index is -0.406. The van der Waals surface area contributed by atoms with Crippen molar-refractivity contribution < 1.29 is 14.3 Å². The lowest BCUT2D eigenvalue weighted by Gasteiger charge is -2.33. The van der Waals surface area contributed by atoms with Crippen LogP contribution >= 0.6 is 11.3 Å². The van der Waals surface area contributed by atoms with Crippen molar-refractivity contribution in [2.75, 3.05) is 19.5 Å². The molecule has 1 N–H and O–H groups in total. The highest BCUT2D eigenvalue weighted by Gasteiger charge is 2.31. The van der Waals surface area contributed by atoms with E-state index in [1.54, 1.807) is 33.9 Å². The molecule has 2 aromatic heterocycles. The molecule has 164 valence electrons. The molecule has 0 saturated carbocycles.